The number of fused-ring (bicyclic) bond motifs is 1. The summed E-state index contributed by atoms with van der Waals surface area (Å²) in [6.45, 7) is 10.1. The fourth-order valence-corrected chi connectivity index (χ4v) is 2.27. The van der Waals surface area contributed by atoms with Crippen LogP contribution in [0.25, 0.3) is 16.5 Å². The number of aromatic nitrogens is 1. The highest BCUT2D eigenvalue weighted by Gasteiger charge is 2.10. The van der Waals surface area contributed by atoms with Gasteiger partial charge in [0.05, 0.1) is 11.2 Å². The maximum atomic E-state index is 4.81. The number of benzene rings is 1. The molecule has 1 aromatic carbocycles. The van der Waals surface area contributed by atoms with Crippen molar-refractivity contribution in [3.8, 4) is 0 Å². The van der Waals surface area contributed by atoms with Gasteiger partial charge in [0.25, 0.3) is 0 Å². The summed E-state index contributed by atoms with van der Waals surface area (Å²) < 4.78 is 0. The maximum absolute atomic E-state index is 4.81. The SMILES string of the molecule is C=C/C=C(\C=C/C)c1nc2ccccc2c(C)c1C. The van der Waals surface area contributed by atoms with Crippen LogP contribution in [0.5, 0.6) is 0 Å². The zero-order valence-corrected chi connectivity index (χ0v) is 11.8. The highest BCUT2D eigenvalue weighted by Crippen LogP contribution is 2.27. The Morgan fingerprint density at radius 1 is 1.16 bits per heavy atom. The summed E-state index contributed by atoms with van der Waals surface area (Å²) >= 11 is 0. The van der Waals surface area contributed by atoms with Gasteiger partial charge in [-0.3, -0.25) is 0 Å². The third-order valence-corrected chi connectivity index (χ3v) is 3.38. The zero-order chi connectivity index (χ0) is 13.8. The Labute approximate surface area is 115 Å². The van der Waals surface area contributed by atoms with Gasteiger partial charge in [0.2, 0.25) is 0 Å². The third-order valence-electron chi connectivity index (χ3n) is 3.38. The molecule has 19 heavy (non-hydrogen) atoms. The summed E-state index contributed by atoms with van der Waals surface area (Å²) in [5.74, 6) is 0. The summed E-state index contributed by atoms with van der Waals surface area (Å²) in [7, 11) is 0. The highest BCUT2D eigenvalue weighted by atomic mass is 14.7. The van der Waals surface area contributed by atoms with Gasteiger partial charge in [0.15, 0.2) is 0 Å². The molecule has 0 amide bonds. The lowest BCUT2D eigenvalue weighted by Gasteiger charge is -2.12. The van der Waals surface area contributed by atoms with Crippen LogP contribution in [0.3, 0.4) is 0 Å². The first kappa shape index (κ1) is 13.3. The van der Waals surface area contributed by atoms with Crippen LogP contribution in [-0.4, -0.2) is 4.98 Å². The lowest BCUT2D eigenvalue weighted by molar-refractivity contribution is 1.24. The summed E-state index contributed by atoms with van der Waals surface area (Å²) in [6.07, 6.45) is 7.91. The highest BCUT2D eigenvalue weighted by molar-refractivity contribution is 5.87. The first-order valence-electron chi connectivity index (χ1n) is 6.50. The van der Waals surface area contributed by atoms with Gasteiger partial charge in [-0.1, -0.05) is 49.1 Å². The minimum absolute atomic E-state index is 1.04. The van der Waals surface area contributed by atoms with Crippen LogP contribution >= 0.6 is 0 Å². The predicted octanol–water partition coefficient (Wildman–Crippen LogP) is 5.00. The Hall–Kier alpha value is -2.15. The van der Waals surface area contributed by atoms with Crippen molar-refractivity contribution in [2.75, 3.05) is 0 Å². The largest absolute Gasteiger partial charge is 0.247 e. The molecule has 0 radical (unpaired) electrons. The second-order valence-corrected chi connectivity index (χ2v) is 4.59. The van der Waals surface area contributed by atoms with Crippen LogP contribution < -0.4 is 0 Å². The molecule has 0 aliphatic heterocycles. The van der Waals surface area contributed by atoms with E-state index in [1.165, 1.54) is 16.5 Å². The number of rotatable bonds is 3. The van der Waals surface area contributed by atoms with Crippen LogP contribution in [0.15, 0.2) is 55.1 Å². The molecule has 0 fully saturated rings. The van der Waals surface area contributed by atoms with Gasteiger partial charge in [-0.05, 0) is 38.0 Å². The van der Waals surface area contributed by atoms with Gasteiger partial charge in [-0.2, -0.15) is 0 Å². The first-order chi connectivity index (χ1) is 9.19. The molecule has 0 saturated carbocycles. The molecular formula is C18H19N. The normalized spacial score (nSPS) is 12.3. The average Bonchev–Trinajstić information content (AvgIpc) is 2.43. The molecule has 1 nitrogen and oxygen atoms in total. The van der Waals surface area contributed by atoms with Crippen molar-refractivity contribution in [1.82, 2.24) is 4.98 Å². The van der Waals surface area contributed by atoms with E-state index in [0.29, 0.717) is 0 Å². The van der Waals surface area contributed by atoms with E-state index >= 15 is 0 Å². The van der Waals surface area contributed by atoms with Crippen molar-refractivity contribution in [3.05, 3.63) is 72.0 Å². The van der Waals surface area contributed by atoms with Crippen molar-refractivity contribution in [2.24, 2.45) is 0 Å². The summed E-state index contributed by atoms with van der Waals surface area (Å²) in [5, 5.41) is 1.22. The summed E-state index contributed by atoms with van der Waals surface area (Å²) in [4.78, 5) is 4.81. The number of hydrogen-bond donors (Lipinski definition) is 0. The molecule has 0 unspecified atom stereocenters. The van der Waals surface area contributed by atoms with E-state index in [9.17, 15) is 0 Å². The lowest BCUT2D eigenvalue weighted by Crippen LogP contribution is -1.97. The molecule has 1 heterocycles. The second kappa shape index (κ2) is 5.66. The van der Waals surface area contributed by atoms with E-state index in [-0.39, 0.29) is 0 Å². The van der Waals surface area contributed by atoms with Crippen LogP contribution in [0.4, 0.5) is 0 Å². The number of pyridine rings is 1. The van der Waals surface area contributed by atoms with Gasteiger partial charge in [-0.15, -0.1) is 0 Å². The molecule has 96 valence electrons. The van der Waals surface area contributed by atoms with E-state index in [0.717, 1.165) is 16.8 Å². The van der Waals surface area contributed by atoms with E-state index in [4.69, 9.17) is 4.98 Å². The molecule has 1 heteroatoms. The van der Waals surface area contributed by atoms with Crippen LogP contribution in [0.1, 0.15) is 23.7 Å². The lowest BCUT2D eigenvalue weighted by atomic mass is 9.98. The molecule has 2 rings (SSSR count). The molecular weight excluding hydrogens is 230 g/mol. The van der Waals surface area contributed by atoms with E-state index < -0.39 is 0 Å². The number of para-hydroxylation sites is 1. The Bertz CT molecular complexity index is 675. The molecule has 0 aliphatic rings. The molecule has 0 aliphatic carbocycles. The van der Waals surface area contributed by atoms with Crippen LogP contribution in [0, 0.1) is 13.8 Å². The Balaban J connectivity index is 2.77. The van der Waals surface area contributed by atoms with Crippen molar-refractivity contribution >= 4 is 16.5 Å². The number of nitrogens with zero attached hydrogens (tertiary/aromatic N) is 1. The Morgan fingerprint density at radius 3 is 2.58 bits per heavy atom. The first-order valence-corrected chi connectivity index (χ1v) is 6.50. The number of aryl methyl sites for hydroxylation is 1. The standard InChI is InChI=1S/C18H19N/c1-5-9-15(10-6-2)18-14(4)13(3)16-11-7-8-12-17(16)19-18/h5-12H,1H2,2-4H3/b10-6-,15-9+. The number of allylic oxidation sites excluding steroid dienone is 5. The van der Waals surface area contributed by atoms with E-state index in [1.54, 1.807) is 6.08 Å². The third kappa shape index (κ3) is 2.50. The van der Waals surface area contributed by atoms with Gasteiger partial charge < -0.3 is 0 Å². The monoisotopic (exact) mass is 249 g/mol. The minimum atomic E-state index is 1.04. The van der Waals surface area contributed by atoms with Crippen LogP contribution in [0.2, 0.25) is 0 Å². The van der Waals surface area contributed by atoms with E-state index in [1.807, 2.05) is 25.1 Å². The van der Waals surface area contributed by atoms with Gasteiger partial charge in [0, 0.05) is 11.0 Å². The van der Waals surface area contributed by atoms with Crippen LogP contribution in [-0.2, 0) is 0 Å². The molecule has 0 saturated heterocycles. The molecule has 1 aromatic heterocycles. The van der Waals surface area contributed by atoms with Crippen molar-refractivity contribution in [2.45, 2.75) is 20.8 Å². The fourth-order valence-electron chi connectivity index (χ4n) is 2.27. The summed E-state index contributed by atoms with van der Waals surface area (Å²) in [5.41, 5.74) is 5.70. The van der Waals surface area contributed by atoms with Gasteiger partial charge in [0.1, 0.15) is 0 Å². The fraction of sp³-hybridized carbons (Fsp3) is 0.167. The molecule has 0 spiro atoms. The topological polar surface area (TPSA) is 12.9 Å². The van der Waals surface area contributed by atoms with Gasteiger partial charge >= 0.3 is 0 Å². The van der Waals surface area contributed by atoms with Crippen molar-refractivity contribution < 1.29 is 0 Å². The molecule has 2 aromatic rings. The average molecular weight is 249 g/mol. The minimum Gasteiger partial charge on any atom is -0.247 e. The molecule has 0 atom stereocenters. The molecule has 0 N–H and O–H groups in total. The van der Waals surface area contributed by atoms with Crippen molar-refractivity contribution in [1.29, 1.82) is 0 Å². The summed E-state index contributed by atoms with van der Waals surface area (Å²) in [6, 6.07) is 8.27. The smallest absolute Gasteiger partial charge is 0.0741 e. The maximum Gasteiger partial charge on any atom is 0.0741 e. The molecule has 0 bridgehead atoms. The quantitative estimate of drug-likeness (QED) is 0.698. The van der Waals surface area contributed by atoms with E-state index in [2.05, 4.69) is 44.7 Å². The zero-order valence-electron chi connectivity index (χ0n) is 11.8. The van der Waals surface area contributed by atoms with Crippen molar-refractivity contribution in [3.63, 3.8) is 0 Å². The Kier molecular flexibility index (Phi) is 3.96. The Morgan fingerprint density at radius 2 is 1.89 bits per heavy atom. The number of hydrogen-bond acceptors (Lipinski definition) is 1. The second-order valence-electron chi connectivity index (χ2n) is 4.59. The van der Waals surface area contributed by atoms with Gasteiger partial charge in [-0.25, -0.2) is 4.98 Å². The predicted molar refractivity (Wildman–Crippen MR) is 84.2 cm³/mol.